The van der Waals surface area contributed by atoms with Gasteiger partial charge in [0.1, 0.15) is 43.7 Å². The molecule has 0 radical (unpaired) electrons. The fourth-order valence-corrected chi connectivity index (χ4v) is 6.43. The Hall–Kier alpha value is -8.99. The normalized spacial score (nSPS) is 10.9. The lowest BCUT2D eigenvalue weighted by Crippen LogP contribution is -2.17. The number of aryl methyl sites for hydroxylation is 3. The van der Waals surface area contributed by atoms with E-state index < -0.39 is 17.5 Å². The first-order valence-corrected chi connectivity index (χ1v) is 21.9. The molecule has 0 atom stereocenters. The third-order valence-electron chi connectivity index (χ3n) is 10.2. The Morgan fingerprint density at radius 1 is 0.514 bits per heavy atom. The summed E-state index contributed by atoms with van der Waals surface area (Å²) >= 11 is 0. The highest BCUT2D eigenvalue weighted by Gasteiger charge is 2.14. The van der Waals surface area contributed by atoms with Crippen molar-refractivity contribution >= 4 is 29.3 Å². The number of nitrogens with one attached hydrogen (secondary N) is 3. The van der Waals surface area contributed by atoms with Gasteiger partial charge in [-0.25, -0.2) is 19.7 Å². The largest absolute Gasteiger partial charge is 0.487 e. The van der Waals surface area contributed by atoms with Gasteiger partial charge in [0.25, 0.3) is 34.0 Å². The van der Waals surface area contributed by atoms with E-state index in [1.54, 1.807) is 0 Å². The van der Waals surface area contributed by atoms with E-state index >= 15 is 0 Å². The fourth-order valence-electron chi connectivity index (χ4n) is 6.43. The van der Waals surface area contributed by atoms with Gasteiger partial charge < -0.3 is 29.2 Å². The summed E-state index contributed by atoms with van der Waals surface area (Å²) < 4.78 is 25.1. The van der Waals surface area contributed by atoms with Crippen molar-refractivity contribution in [2.45, 2.75) is 80.0 Å². The number of ether oxygens (including phenoxy) is 4. The number of hydrogen-bond acceptors (Lipinski definition) is 16. The Kier molecular flexibility index (Phi) is 15.8. The Morgan fingerprint density at radius 2 is 0.871 bits per heavy atom. The molecule has 0 aliphatic carbocycles. The van der Waals surface area contributed by atoms with Crippen LogP contribution < -0.4 is 30.9 Å². The molecule has 23 nitrogen and oxygen atoms in total. The van der Waals surface area contributed by atoms with Crippen LogP contribution in [0.3, 0.4) is 0 Å². The summed E-state index contributed by atoms with van der Waals surface area (Å²) in [6, 6.07) is 27.2. The van der Waals surface area contributed by atoms with Crippen LogP contribution in [0.1, 0.15) is 83.7 Å². The molecule has 5 N–H and O–H groups in total. The predicted molar refractivity (Wildman–Crippen MR) is 250 cm³/mol. The maximum Gasteiger partial charge on any atom is 0.373 e. The van der Waals surface area contributed by atoms with Crippen molar-refractivity contribution in [1.29, 1.82) is 0 Å². The zero-order valence-electron chi connectivity index (χ0n) is 38.4. The first-order chi connectivity index (χ1) is 33.8. The van der Waals surface area contributed by atoms with E-state index in [1.807, 2.05) is 72.8 Å². The zero-order valence-corrected chi connectivity index (χ0v) is 38.4. The molecule has 0 fully saturated rings. The van der Waals surface area contributed by atoms with Crippen molar-refractivity contribution < 1.29 is 38.7 Å². The number of carbonyl (C=O) groups is 2. The van der Waals surface area contributed by atoms with Gasteiger partial charge in [-0.05, 0) is 72.4 Å². The molecule has 0 amide bonds. The van der Waals surface area contributed by atoms with Crippen LogP contribution in [0, 0.1) is 0 Å². The van der Waals surface area contributed by atoms with Gasteiger partial charge in [0, 0.05) is 25.1 Å². The lowest BCUT2D eigenvalue weighted by atomic mass is 10.2. The van der Waals surface area contributed by atoms with Crippen LogP contribution in [-0.2, 0) is 61.8 Å². The average molecular weight is 957 g/mol. The number of aromatic carboxylic acids is 1. The maximum atomic E-state index is 12.1. The van der Waals surface area contributed by atoms with Crippen LogP contribution in [0.15, 0.2) is 105 Å². The number of aromatic nitrogens is 12. The first-order valence-electron chi connectivity index (χ1n) is 21.9. The molecule has 6 aromatic heterocycles. The lowest BCUT2D eigenvalue weighted by molar-refractivity contribution is -0.142. The minimum atomic E-state index is -1.26. The van der Waals surface area contributed by atoms with Crippen LogP contribution in [0.2, 0.25) is 0 Å². The van der Waals surface area contributed by atoms with Gasteiger partial charge in [-0.15, -0.1) is 0 Å². The number of aromatic amines is 3. The second-order valence-corrected chi connectivity index (χ2v) is 15.2. The molecule has 0 spiro atoms. The van der Waals surface area contributed by atoms with E-state index in [9.17, 15) is 24.0 Å². The highest BCUT2D eigenvalue weighted by atomic mass is 16.5. The Labute approximate surface area is 396 Å². The highest BCUT2D eigenvalue weighted by Crippen LogP contribution is 2.16. The highest BCUT2D eigenvalue weighted by molar-refractivity contribution is 5.83. The van der Waals surface area contributed by atoms with Gasteiger partial charge >= 0.3 is 11.9 Å². The molecule has 6 heterocycles. The molecule has 9 rings (SSSR count). The topological polar surface area (TPSA) is 301 Å². The van der Waals surface area contributed by atoms with Crippen molar-refractivity contribution in [3.05, 3.63) is 173 Å². The van der Waals surface area contributed by atoms with Gasteiger partial charge in [-0.1, -0.05) is 57.2 Å². The van der Waals surface area contributed by atoms with E-state index in [4.69, 9.17) is 29.2 Å². The third-order valence-corrected chi connectivity index (χ3v) is 10.2. The van der Waals surface area contributed by atoms with Crippen LogP contribution in [0.4, 0.5) is 0 Å². The number of carbonyl (C=O) groups excluding carboxylic acids is 1. The van der Waals surface area contributed by atoms with Crippen LogP contribution in [-0.4, -0.2) is 80.9 Å². The number of benzene rings is 3. The molecule has 0 unspecified atom stereocenters. The number of esters is 1. The fraction of sp³-hybridized carbons (Fsp3) is 0.255. The Bertz CT molecular complexity index is 3410. The number of carboxylic acid groups (broad SMARTS) is 1. The molecular weight excluding hydrogens is 909 g/mol. The molecule has 362 valence electrons. The Morgan fingerprint density at radius 3 is 1.23 bits per heavy atom. The number of hydrogen-bond donors (Lipinski definition) is 5. The molecule has 0 saturated heterocycles. The second kappa shape index (κ2) is 22.7. The van der Waals surface area contributed by atoms with E-state index in [0.29, 0.717) is 34.4 Å². The molecule has 3 aromatic carbocycles. The van der Waals surface area contributed by atoms with Gasteiger partial charge in [-0.3, -0.25) is 34.5 Å². The lowest BCUT2D eigenvalue weighted by Gasteiger charge is -2.06. The number of rotatable bonds is 16. The molecule has 0 aliphatic heterocycles. The average Bonchev–Trinajstić information content (AvgIpc) is 4.13. The predicted octanol–water partition coefficient (Wildman–Crippen LogP) is 3.93. The van der Waals surface area contributed by atoms with E-state index in [-0.39, 0.29) is 73.1 Å². The summed E-state index contributed by atoms with van der Waals surface area (Å²) in [4.78, 5) is 82.3. The Balaban J connectivity index is 0.000000155. The third kappa shape index (κ3) is 12.7. The smallest absolute Gasteiger partial charge is 0.373 e. The summed E-state index contributed by atoms with van der Waals surface area (Å²) in [5.74, 6) is 1.11. The molecule has 0 saturated carbocycles. The van der Waals surface area contributed by atoms with Gasteiger partial charge in [0.15, 0.2) is 18.3 Å². The molecular formula is C47H48N12O11. The van der Waals surface area contributed by atoms with E-state index in [1.165, 1.54) is 50.8 Å². The minimum absolute atomic E-state index is 0.00479. The van der Waals surface area contributed by atoms with Crippen molar-refractivity contribution in [3.8, 4) is 17.2 Å². The SMILES string of the molecule is CCc1ccc(OCc2cc(=O)n3[nH]c(C(=O)O)nc3n2)cc1.CCc1ccc(OCc2cc(=O)n3[nH]c(CO)nc3n2)cc1.CCc1ccc(OCc2cc(=O)n3[nH]c(COC(C)=O)nc3n2)cc1. The van der Waals surface area contributed by atoms with Crippen molar-refractivity contribution in [3.63, 3.8) is 0 Å². The molecule has 0 bridgehead atoms. The monoisotopic (exact) mass is 956 g/mol. The zero-order chi connectivity index (χ0) is 49.7. The minimum Gasteiger partial charge on any atom is -0.487 e. The van der Waals surface area contributed by atoms with Crippen molar-refractivity contribution in [1.82, 2.24) is 58.7 Å². The van der Waals surface area contributed by atoms with Gasteiger partial charge in [0.05, 0.1) is 17.1 Å². The van der Waals surface area contributed by atoms with Crippen LogP contribution >= 0.6 is 0 Å². The number of H-pyrrole nitrogens is 3. The van der Waals surface area contributed by atoms with Crippen LogP contribution in [0.25, 0.3) is 17.3 Å². The first kappa shape index (κ1) is 48.9. The van der Waals surface area contributed by atoms with Crippen LogP contribution in [0.5, 0.6) is 17.2 Å². The molecule has 23 heteroatoms. The van der Waals surface area contributed by atoms with E-state index in [0.717, 1.165) is 29.5 Å². The standard InChI is InChI=1S/C17H18N4O4.C15H14N4O4.C15H16N4O3/c1-3-12-4-6-14(7-5-12)25-9-13-8-16(23)21-17(18-13)19-15(20-21)10-24-11(2)22;1-2-9-3-5-11(6-4-9)23-8-10-7-12(20)19-15(16-10)17-13(18-19)14(21)22;1-2-10-3-5-12(6-4-10)22-9-11-7-14(21)19-15(16-11)17-13(8-20)18-19/h4-8H,3,9-10H2,1-2H3,(H,18,19,20);3-7H,2,8H2,1H3,(H,21,22)(H,16,17,18);3-7,20H,2,8-9H2,1H3,(H,16,17,18). The number of fused-ring (bicyclic) bond motifs is 3. The summed E-state index contributed by atoms with van der Waals surface area (Å²) in [7, 11) is 0. The summed E-state index contributed by atoms with van der Waals surface area (Å²) in [5.41, 5.74) is 3.93. The maximum absolute atomic E-state index is 12.1. The molecule has 9 aromatic rings. The number of aliphatic hydroxyl groups is 1. The number of aliphatic hydroxyl groups excluding tert-OH is 1. The number of nitrogens with zero attached hydrogens (tertiary/aromatic N) is 9. The van der Waals surface area contributed by atoms with Crippen molar-refractivity contribution in [2.24, 2.45) is 0 Å². The number of carboxylic acids is 1. The van der Waals surface area contributed by atoms with E-state index in [2.05, 4.69) is 66.0 Å². The molecule has 0 aliphatic rings. The quantitative estimate of drug-likeness (QED) is 0.0857. The van der Waals surface area contributed by atoms with Crippen molar-refractivity contribution in [2.75, 3.05) is 0 Å². The van der Waals surface area contributed by atoms with Gasteiger partial charge in [-0.2, -0.15) is 28.5 Å². The molecule has 70 heavy (non-hydrogen) atoms. The van der Waals surface area contributed by atoms with Gasteiger partial charge in [0.2, 0.25) is 5.82 Å². The summed E-state index contributed by atoms with van der Waals surface area (Å²) in [5, 5.41) is 25.7. The summed E-state index contributed by atoms with van der Waals surface area (Å²) in [6.07, 6.45) is 2.88. The summed E-state index contributed by atoms with van der Waals surface area (Å²) in [6.45, 7) is 7.64. The second-order valence-electron chi connectivity index (χ2n) is 15.2.